The average Bonchev–Trinajstić information content (AvgIpc) is 0.815. The van der Waals surface area contributed by atoms with Gasteiger partial charge >= 0.3 is 6.09 Å². The van der Waals surface area contributed by atoms with Crippen molar-refractivity contribution >= 4 is 72.4 Å². The van der Waals surface area contributed by atoms with Crippen LogP contribution in [0, 0.1) is 17.8 Å². The molecule has 1 aromatic carbocycles. The first-order valence-electron chi connectivity index (χ1n) is 28.3. The molecule has 2 bridgehead atoms. The summed E-state index contributed by atoms with van der Waals surface area (Å²) in [6.45, 7) is 12.8. The van der Waals surface area contributed by atoms with Crippen molar-refractivity contribution in [2.45, 2.75) is 175 Å². The summed E-state index contributed by atoms with van der Waals surface area (Å²) in [5.41, 5.74) is 0.00282. The first kappa shape index (κ1) is 70.5. The highest BCUT2D eigenvalue weighted by atomic mass is 33.5. The third kappa shape index (κ3) is 17.0. The third-order valence-corrected chi connectivity index (χ3v) is 20.6. The van der Waals surface area contributed by atoms with Crippen LogP contribution in [0.5, 0.6) is 11.5 Å². The van der Waals surface area contributed by atoms with Crippen molar-refractivity contribution in [2.24, 2.45) is 5.92 Å². The second kappa shape index (κ2) is 32.3. The van der Waals surface area contributed by atoms with E-state index in [2.05, 4.69) is 39.9 Å². The van der Waals surface area contributed by atoms with Crippen LogP contribution in [0.3, 0.4) is 0 Å². The summed E-state index contributed by atoms with van der Waals surface area (Å²) in [7, 11) is 11.0. The number of aliphatic hydroxyl groups excluding tert-OH is 3. The largest absolute Gasteiger partial charge is 0.493 e. The minimum atomic E-state index is -2.40. The van der Waals surface area contributed by atoms with Crippen LogP contribution < -0.4 is 30.9 Å². The fourth-order valence-corrected chi connectivity index (χ4v) is 14.5. The Hall–Kier alpha value is -3.98. The quantitative estimate of drug-likeness (QED) is 0.0123. The molecule has 484 valence electrons. The lowest BCUT2D eigenvalue weighted by Crippen LogP contribution is -2.65. The van der Waals surface area contributed by atoms with Crippen LogP contribution >= 0.6 is 43.2 Å². The molecule has 19 atom stereocenters. The van der Waals surface area contributed by atoms with Crippen LogP contribution in [-0.2, 0) is 61.8 Å². The molecule has 0 spiro atoms. The first-order valence-corrected chi connectivity index (χ1v) is 33.6. The van der Waals surface area contributed by atoms with E-state index in [-0.39, 0.29) is 107 Å². The maximum absolute atomic E-state index is 15.5. The van der Waals surface area contributed by atoms with Gasteiger partial charge in [0.15, 0.2) is 54.3 Å². The Morgan fingerprint density at radius 3 is 2.26 bits per heavy atom. The Balaban J connectivity index is 1.24. The number of anilines is 1. The van der Waals surface area contributed by atoms with Crippen molar-refractivity contribution in [3.05, 3.63) is 65.1 Å². The number of amides is 2. The molecule has 4 heterocycles. The van der Waals surface area contributed by atoms with Crippen LogP contribution in [0.15, 0.2) is 59.5 Å². The lowest BCUT2D eigenvalue weighted by atomic mass is 9.72. The number of hydrogen-bond donors (Lipinski definition) is 8. The van der Waals surface area contributed by atoms with Gasteiger partial charge in [0.1, 0.15) is 23.9 Å². The monoisotopic (exact) mass is 1300 g/mol. The molecule has 25 nitrogen and oxygen atoms in total. The summed E-state index contributed by atoms with van der Waals surface area (Å²) in [6, 6.07) is 1.67. The molecule has 7 rings (SSSR count). The highest BCUT2D eigenvalue weighted by molar-refractivity contribution is 9.09. The zero-order chi connectivity index (χ0) is 63.4. The number of hydrogen-bond acceptors (Lipinski definition) is 27. The Kier molecular flexibility index (Phi) is 26.2. The number of thioether (sulfide) groups is 1. The molecule has 29 heteroatoms. The highest BCUT2D eigenvalue weighted by Gasteiger charge is 2.56. The number of alkyl carbamates (subject to hydrolysis) is 1. The fourth-order valence-electron chi connectivity index (χ4n) is 11.2. The molecule has 4 aliphatic heterocycles. The number of allylic oxidation sites excluding steroid dienone is 1. The predicted molar refractivity (Wildman–Crippen MR) is 325 cm³/mol. The number of aliphatic hydroxyl groups is 4. The Morgan fingerprint density at radius 2 is 1.61 bits per heavy atom. The number of benzene rings is 1. The number of ketones is 2. The topological polar surface area (TPSA) is 317 Å². The third-order valence-electron chi connectivity index (χ3n) is 15.6. The molecule has 87 heavy (non-hydrogen) atoms. The van der Waals surface area contributed by atoms with E-state index in [9.17, 15) is 34.8 Å². The normalized spacial score (nSPS) is 35.1. The molecule has 2 aliphatic carbocycles. The van der Waals surface area contributed by atoms with Crippen molar-refractivity contribution < 1.29 is 101 Å². The minimum Gasteiger partial charge on any atom is -0.493 e. The van der Waals surface area contributed by atoms with Crippen molar-refractivity contribution in [3.8, 4) is 23.3 Å². The maximum Gasteiger partial charge on any atom is 0.411 e. The molecule has 0 aromatic heterocycles. The summed E-state index contributed by atoms with van der Waals surface area (Å²) < 4.78 is 72.2. The van der Waals surface area contributed by atoms with Gasteiger partial charge in [-0.2, -0.15) is 17.2 Å². The second-order valence-corrected chi connectivity index (χ2v) is 27.0. The Labute approximate surface area is 522 Å². The van der Waals surface area contributed by atoms with Gasteiger partial charge in [0.25, 0.3) is 5.91 Å². The SMILES string of the molecule is C=C(OC)C(=O)Nc1cc(OC)c(OC)cc1C(=O)C[C@H]1CC(O[C@@H]2C(=O)C(NC(=O)OC)=C3/C(=C\CSSSC)[C@]2(O)/C=C\C#C[C@@H]3O[C@@H]2O[C@H](C)[C@@H](NOC3C[C@H](O)[C@H](SC)[C@@H](C)O3)[C@H](O)[C@H]2O[C@H]2C[C@H](OC)[C@@H](NC(C)C)CO2)O[C@@H](C)C1O. The fraction of sp³-hybridized carbons (Fsp3) is 0.655. The summed E-state index contributed by atoms with van der Waals surface area (Å²) in [5.74, 6) is 3.09. The van der Waals surface area contributed by atoms with Crippen LogP contribution in [0.2, 0.25) is 0 Å². The number of rotatable bonds is 26. The van der Waals surface area contributed by atoms with Gasteiger partial charge in [0.2, 0.25) is 5.78 Å². The van der Waals surface area contributed by atoms with Crippen molar-refractivity contribution in [2.75, 3.05) is 65.7 Å². The highest BCUT2D eigenvalue weighted by Crippen LogP contribution is 2.45. The van der Waals surface area contributed by atoms with E-state index < -0.39 is 121 Å². The lowest BCUT2D eigenvalue weighted by molar-refractivity contribution is -0.336. The lowest BCUT2D eigenvalue weighted by Gasteiger charge is -2.47. The van der Waals surface area contributed by atoms with Gasteiger partial charge in [-0.3, -0.25) is 24.5 Å². The van der Waals surface area contributed by atoms with Gasteiger partial charge < -0.3 is 87.9 Å². The number of nitrogens with one attached hydrogen (secondary N) is 4. The predicted octanol–water partition coefficient (Wildman–Crippen LogP) is 4.08. The van der Waals surface area contributed by atoms with Gasteiger partial charge in [0.05, 0.1) is 100 Å². The van der Waals surface area contributed by atoms with Crippen LogP contribution in [0.25, 0.3) is 0 Å². The number of fused-ring (bicyclic) bond motifs is 2. The summed E-state index contributed by atoms with van der Waals surface area (Å²) in [6.07, 6.45) is -9.16. The zero-order valence-electron chi connectivity index (χ0n) is 50.7. The summed E-state index contributed by atoms with van der Waals surface area (Å²) in [5, 5.41) is 56.9. The van der Waals surface area contributed by atoms with Crippen LogP contribution in [0.1, 0.15) is 70.7 Å². The van der Waals surface area contributed by atoms with Crippen LogP contribution in [0.4, 0.5) is 10.5 Å². The molecule has 3 unspecified atom stereocenters. The standard InChI is InChI=1S/C58H82N4O21S4/c1-27(2)59-36-26-76-43(25-40(36)72-8)81-52-50(66)47(62-83-45-24-38(64)53(84-12)30(5)78-45)28(3)79-56(52)80-39-16-14-15-18-58(70)34(17-19-86-87-85-13)46(39)48(61-57(69)75-11)51(67)54(58)82-44-21-32(49(65)29(4)77-44)20-37(63)33-22-41(73-9)42(74-10)23-35(33)60-55(68)31(6)71-7/h15,17-18,22-23,27-30,32,36,38-40,43-45,47,49-50,52-54,56,59,62,64-66,70H,6,19-21,24-26H2,1-5,7-13H3,(H,60,68)(H,61,69)/b18-15-,34-17+/t28-,29+,30-,32+,36+,38+,39+,40+,43+,44?,45?,47-,49?,50+,52-,53-,54-,56+,58-/m1/s1. The first-order chi connectivity index (χ1) is 41.5. The molecular formula is C58H82N4O21S4. The van der Waals surface area contributed by atoms with E-state index in [1.807, 2.05) is 33.3 Å². The van der Waals surface area contributed by atoms with E-state index in [1.54, 1.807) is 27.0 Å². The number of carbonyl (C=O) groups excluding carboxylic acids is 4. The number of methoxy groups -OCH3 is 5. The molecule has 6 aliphatic rings. The number of hydroxylamine groups is 1. The number of Topliss-reactive ketones (excluding diaryl/α,β-unsaturated/α-hetero) is 2. The molecule has 0 radical (unpaired) electrons. The molecule has 1 aromatic rings. The average molecular weight is 1300 g/mol. The van der Waals surface area contributed by atoms with Crippen molar-refractivity contribution in [3.63, 3.8) is 0 Å². The maximum atomic E-state index is 15.5. The minimum absolute atomic E-state index is 0.00208. The van der Waals surface area contributed by atoms with E-state index in [0.717, 1.165) is 7.11 Å². The van der Waals surface area contributed by atoms with Gasteiger partial charge in [-0.15, -0.1) is 0 Å². The summed E-state index contributed by atoms with van der Waals surface area (Å²) in [4.78, 5) is 62.5. The number of ether oxygens (including phenoxy) is 12. The van der Waals surface area contributed by atoms with Gasteiger partial charge in [-0.25, -0.2) is 4.79 Å². The van der Waals surface area contributed by atoms with Gasteiger partial charge in [0, 0.05) is 61.8 Å². The molecule has 0 saturated carbocycles. The smallest absolute Gasteiger partial charge is 0.411 e. The van der Waals surface area contributed by atoms with E-state index >= 15 is 4.79 Å². The Morgan fingerprint density at radius 1 is 0.885 bits per heavy atom. The second-order valence-electron chi connectivity index (χ2n) is 21.6. The van der Waals surface area contributed by atoms with Crippen LogP contribution in [-0.4, -0.2) is 220 Å². The summed E-state index contributed by atoms with van der Waals surface area (Å²) >= 11 is 1.48. The molecule has 8 N–H and O–H groups in total. The van der Waals surface area contributed by atoms with E-state index in [4.69, 9.17) is 61.7 Å². The molecule has 4 saturated heterocycles. The molecule has 4 fully saturated rings. The van der Waals surface area contributed by atoms with E-state index in [1.165, 1.54) is 88.8 Å². The van der Waals surface area contributed by atoms with Gasteiger partial charge in [-0.1, -0.05) is 59.9 Å². The van der Waals surface area contributed by atoms with E-state index in [0.29, 0.717) is 0 Å². The Bertz CT molecular complexity index is 2740. The zero-order valence-corrected chi connectivity index (χ0v) is 53.9. The van der Waals surface area contributed by atoms with Gasteiger partial charge in [-0.05, 0) is 72.8 Å². The number of carbonyl (C=O) groups is 4. The molecule has 2 amide bonds. The molecular weight excluding hydrogens is 1220 g/mol. The van der Waals surface area contributed by atoms with Crippen molar-refractivity contribution in [1.29, 1.82) is 0 Å². The van der Waals surface area contributed by atoms with Crippen molar-refractivity contribution in [1.82, 2.24) is 16.1 Å².